The highest BCUT2D eigenvalue weighted by Gasteiger charge is 2.36. The van der Waals surface area contributed by atoms with Gasteiger partial charge in [0.2, 0.25) is 0 Å². The van der Waals surface area contributed by atoms with E-state index in [9.17, 15) is 0 Å². The monoisotopic (exact) mass is 250 g/mol. The average Bonchev–Trinajstić information content (AvgIpc) is 2.29. The summed E-state index contributed by atoms with van der Waals surface area (Å²) in [6.07, 6.45) is 1.99. The smallest absolute Gasteiger partial charge is 0.377 e. The van der Waals surface area contributed by atoms with Gasteiger partial charge in [-0.05, 0) is 32.9 Å². The van der Waals surface area contributed by atoms with Crippen molar-refractivity contribution in [2.75, 3.05) is 34.4 Å². The molecule has 0 saturated carbocycles. The highest BCUT2D eigenvalue weighted by molar-refractivity contribution is 6.60. The number of rotatable bonds is 10. The number of nitrogens with two attached hydrogens (primary N) is 1. The summed E-state index contributed by atoms with van der Waals surface area (Å²) in [6, 6.07) is 1.10. The summed E-state index contributed by atoms with van der Waals surface area (Å²) in [5.41, 5.74) is 5.65. The van der Waals surface area contributed by atoms with E-state index in [0.29, 0.717) is 0 Å². The maximum Gasteiger partial charge on any atom is 0.500 e. The van der Waals surface area contributed by atoms with Crippen molar-refractivity contribution in [2.24, 2.45) is 5.73 Å². The minimum absolute atomic E-state index is 0.262. The Kier molecular flexibility index (Phi) is 9.10. The van der Waals surface area contributed by atoms with Gasteiger partial charge in [0.25, 0.3) is 0 Å². The van der Waals surface area contributed by atoms with Gasteiger partial charge in [-0.25, -0.2) is 0 Å². The zero-order chi connectivity index (χ0) is 12.4. The molecule has 0 heterocycles. The lowest BCUT2D eigenvalue weighted by Crippen LogP contribution is -2.43. The molecule has 0 aliphatic rings. The molecule has 0 aromatic carbocycles. The minimum Gasteiger partial charge on any atom is -0.377 e. The zero-order valence-electron chi connectivity index (χ0n) is 10.9. The molecule has 0 amide bonds. The molecule has 0 fully saturated rings. The summed E-state index contributed by atoms with van der Waals surface area (Å²) in [5, 5.41) is 3.34. The van der Waals surface area contributed by atoms with Crippen LogP contribution in [0.25, 0.3) is 0 Å². The standard InChI is InChI=1S/C10H26N2O3Si/c1-10(11)6-8-12-7-5-9-16(13-2,14-3)15-4/h10,12H,5-9,11H2,1-4H3. The summed E-state index contributed by atoms with van der Waals surface area (Å²) in [6.45, 7) is 3.91. The average molecular weight is 250 g/mol. The fourth-order valence-corrected chi connectivity index (χ4v) is 3.16. The van der Waals surface area contributed by atoms with Crippen molar-refractivity contribution in [3.05, 3.63) is 0 Å². The Morgan fingerprint density at radius 2 is 1.69 bits per heavy atom. The van der Waals surface area contributed by atoms with E-state index >= 15 is 0 Å². The first-order chi connectivity index (χ1) is 7.60. The van der Waals surface area contributed by atoms with Crippen molar-refractivity contribution >= 4 is 8.80 Å². The van der Waals surface area contributed by atoms with Crippen molar-refractivity contribution in [1.82, 2.24) is 5.32 Å². The van der Waals surface area contributed by atoms with Crippen LogP contribution in [0.3, 0.4) is 0 Å². The Hall–Kier alpha value is 0.0169. The Balaban J connectivity index is 3.55. The highest BCUT2D eigenvalue weighted by Crippen LogP contribution is 2.14. The second-order valence-corrected chi connectivity index (χ2v) is 7.01. The van der Waals surface area contributed by atoms with E-state index in [1.807, 2.05) is 6.92 Å². The molecule has 0 radical (unpaired) electrons. The number of hydrogen-bond donors (Lipinski definition) is 2. The van der Waals surface area contributed by atoms with Crippen LogP contribution < -0.4 is 11.1 Å². The molecular formula is C10H26N2O3Si. The summed E-state index contributed by atoms with van der Waals surface area (Å²) in [5.74, 6) is 0. The van der Waals surface area contributed by atoms with Crippen LogP contribution in [0.5, 0.6) is 0 Å². The van der Waals surface area contributed by atoms with Gasteiger partial charge in [0.15, 0.2) is 0 Å². The second-order valence-electron chi connectivity index (χ2n) is 3.91. The fourth-order valence-electron chi connectivity index (χ4n) is 1.44. The molecule has 1 unspecified atom stereocenters. The van der Waals surface area contributed by atoms with Crippen molar-refractivity contribution in [3.63, 3.8) is 0 Å². The predicted molar refractivity (Wildman–Crippen MR) is 67.3 cm³/mol. The maximum absolute atomic E-state index is 5.65. The zero-order valence-corrected chi connectivity index (χ0v) is 11.9. The fraction of sp³-hybridized carbons (Fsp3) is 1.00. The first kappa shape index (κ1) is 16.0. The first-order valence-electron chi connectivity index (χ1n) is 5.72. The van der Waals surface area contributed by atoms with Gasteiger partial charge in [-0.2, -0.15) is 0 Å². The van der Waals surface area contributed by atoms with Gasteiger partial charge in [-0.15, -0.1) is 0 Å². The molecule has 0 spiro atoms. The van der Waals surface area contributed by atoms with Crippen LogP contribution in [0.4, 0.5) is 0 Å². The Bertz CT molecular complexity index is 158. The van der Waals surface area contributed by atoms with E-state index in [1.165, 1.54) is 0 Å². The van der Waals surface area contributed by atoms with Gasteiger partial charge in [-0.1, -0.05) is 0 Å². The summed E-state index contributed by atoms with van der Waals surface area (Å²) < 4.78 is 16.0. The van der Waals surface area contributed by atoms with Crippen LogP contribution in [-0.2, 0) is 13.3 Å². The van der Waals surface area contributed by atoms with Crippen LogP contribution in [0.1, 0.15) is 19.8 Å². The van der Waals surface area contributed by atoms with Crippen molar-refractivity contribution in [1.29, 1.82) is 0 Å². The normalized spacial score (nSPS) is 14.1. The lowest BCUT2D eigenvalue weighted by atomic mass is 10.2. The third-order valence-corrected chi connectivity index (χ3v) is 5.38. The molecule has 0 aliphatic carbocycles. The largest absolute Gasteiger partial charge is 0.500 e. The Labute approximate surface area is 100 Å². The number of hydrogen-bond acceptors (Lipinski definition) is 5. The first-order valence-corrected chi connectivity index (χ1v) is 7.65. The molecule has 0 bridgehead atoms. The van der Waals surface area contributed by atoms with Gasteiger partial charge in [0, 0.05) is 33.4 Å². The SMILES string of the molecule is CO[Si](CCCNCCC(C)N)(OC)OC. The molecule has 0 aromatic heterocycles. The van der Waals surface area contributed by atoms with E-state index < -0.39 is 8.80 Å². The van der Waals surface area contributed by atoms with Gasteiger partial charge >= 0.3 is 8.80 Å². The molecule has 0 saturated heterocycles. The second kappa shape index (κ2) is 9.09. The molecule has 16 heavy (non-hydrogen) atoms. The molecular weight excluding hydrogens is 224 g/mol. The molecule has 6 heteroatoms. The summed E-state index contributed by atoms with van der Waals surface area (Å²) in [7, 11) is 2.56. The van der Waals surface area contributed by atoms with E-state index in [2.05, 4.69) is 5.32 Å². The minimum atomic E-state index is -2.36. The molecule has 0 aliphatic heterocycles. The van der Waals surface area contributed by atoms with Gasteiger partial charge < -0.3 is 24.3 Å². The summed E-state index contributed by atoms with van der Waals surface area (Å²) >= 11 is 0. The van der Waals surface area contributed by atoms with Crippen LogP contribution in [0.2, 0.25) is 6.04 Å². The van der Waals surface area contributed by atoms with E-state index in [1.54, 1.807) is 21.3 Å². The van der Waals surface area contributed by atoms with Crippen LogP contribution in [0.15, 0.2) is 0 Å². The van der Waals surface area contributed by atoms with Crippen LogP contribution in [-0.4, -0.2) is 49.3 Å². The van der Waals surface area contributed by atoms with Crippen molar-refractivity contribution in [2.45, 2.75) is 31.9 Å². The van der Waals surface area contributed by atoms with E-state index in [-0.39, 0.29) is 6.04 Å². The quantitative estimate of drug-likeness (QED) is 0.439. The van der Waals surface area contributed by atoms with Crippen molar-refractivity contribution < 1.29 is 13.3 Å². The molecule has 1 atom stereocenters. The molecule has 98 valence electrons. The molecule has 0 aromatic rings. The van der Waals surface area contributed by atoms with Gasteiger partial charge in [0.05, 0.1) is 0 Å². The molecule has 0 rings (SSSR count). The Morgan fingerprint density at radius 3 is 2.12 bits per heavy atom. The molecule has 3 N–H and O–H groups in total. The topological polar surface area (TPSA) is 65.7 Å². The summed E-state index contributed by atoms with van der Waals surface area (Å²) in [4.78, 5) is 0. The van der Waals surface area contributed by atoms with E-state index in [4.69, 9.17) is 19.0 Å². The van der Waals surface area contributed by atoms with Crippen LogP contribution >= 0.6 is 0 Å². The highest BCUT2D eigenvalue weighted by atomic mass is 28.4. The molecule has 5 nitrogen and oxygen atoms in total. The maximum atomic E-state index is 5.65. The van der Waals surface area contributed by atoms with Gasteiger partial charge in [0.1, 0.15) is 0 Å². The van der Waals surface area contributed by atoms with Crippen molar-refractivity contribution in [3.8, 4) is 0 Å². The Morgan fingerprint density at radius 1 is 1.12 bits per heavy atom. The lowest BCUT2D eigenvalue weighted by Gasteiger charge is -2.24. The number of nitrogens with one attached hydrogen (secondary N) is 1. The third-order valence-electron chi connectivity index (χ3n) is 2.55. The lowest BCUT2D eigenvalue weighted by molar-refractivity contribution is 0.123. The van der Waals surface area contributed by atoms with Gasteiger partial charge in [-0.3, -0.25) is 0 Å². The predicted octanol–water partition coefficient (Wildman–Crippen LogP) is 0.582. The van der Waals surface area contributed by atoms with Crippen LogP contribution in [0, 0.1) is 0 Å². The third kappa shape index (κ3) is 6.57. The van der Waals surface area contributed by atoms with E-state index in [0.717, 1.165) is 32.0 Å².